The average molecular weight is 357 g/mol. The van der Waals surface area contributed by atoms with E-state index in [0.29, 0.717) is 0 Å². The van der Waals surface area contributed by atoms with Gasteiger partial charge in [-0.15, -0.1) is 0 Å². The van der Waals surface area contributed by atoms with Gasteiger partial charge < -0.3 is 0 Å². The van der Waals surface area contributed by atoms with Crippen LogP contribution in [0.15, 0.2) is 60.9 Å². The Labute approximate surface area is 162 Å². The second-order valence-electron chi connectivity index (χ2n) is 8.60. The molecule has 2 bridgehead atoms. The highest BCUT2D eigenvalue weighted by atomic mass is 15.2. The van der Waals surface area contributed by atoms with Crippen molar-refractivity contribution in [2.75, 3.05) is 0 Å². The van der Waals surface area contributed by atoms with Crippen molar-refractivity contribution < 1.29 is 0 Å². The zero-order valence-electron chi connectivity index (χ0n) is 16.1. The number of piperidine rings is 1. The Morgan fingerprint density at radius 1 is 0.963 bits per heavy atom. The van der Waals surface area contributed by atoms with E-state index in [9.17, 15) is 0 Å². The number of rotatable bonds is 4. The summed E-state index contributed by atoms with van der Waals surface area (Å²) in [5.41, 5.74) is 4.33. The summed E-state index contributed by atoms with van der Waals surface area (Å²) in [4.78, 5) is 7.08. The summed E-state index contributed by atoms with van der Waals surface area (Å²) >= 11 is 0. The third-order valence-corrected chi connectivity index (χ3v) is 6.75. The van der Waals surface area contributed by atoms with Gasteiger partial charge in [-0.25, -0.2) is 0 Å². The van der Waals surface area contributed by atoms with Crippen molar-refractivity contribution in [3.63, 3.8) is 0 Å². The molecule has 2 aliphatic heterocycles. The molecule has 2 aromatic carbocycles. The van der Waals surface area contributed by atoms with Crippen molar-refractivity contribution in [2.45, 2.75) is 57.7 Å². The van der Waals surface area contributed by atoms with Crippen LogP contribution >= 0.6 is 0 Å². The Balaban J connectivity index is 1.30. The van der Waals surface area contributed by atoms with E-state index in [-0.39, 0.29) is 0 Å². The van der Waals surface area contributed by atoms with Crippen LogP contribution in [0.4, 0.5) is 0 Å². The van der Waals surface area contributed by atoms with Crippen LogP contribution in [-0.2, 0) is 13.0 Å². The van der Waals surface area contributed by atoms with Crippen molar-refractivity contribution in [2.24, 2.45) is 5.92 Å². The second-order valence-corrected chi connectivity index (χ2v) is 8.60. The molecule has 2 nitrogen and oxygen atoms in total. The van der Waals surface area contributed by atoms with Crippen LogP contribution in [0.5, 0.6) is 0 Å². The fourth-order valence-electron chi connectivity index (χ4n) is 5.39. The Bertz CT molecular complexity index is 911. The normalized spacial score (nSPS) is 25.1. The molecule has 3 aromatic rings. The molecular formula is C25H28N2. The first-order valence-corrected chi connectivity index (χ1v) is 10.4. The molecular weight excluding hydrogens is 328 g/mol. The number of aryl methyl sites for hydroxylation is 1. The zero-order valence-corrected chi connectivity index (χ0v) is 16.1. The summed E-state index contributed by atoms with van der Waals surface area (Å²) in [6, 6.07) is 19.5. The molecule has 0 saturated carbocycles. The van der Waals surface area contributed by atoms with Gasteiger partial charge in [0.15, 0.2) is 0 Å². The van der Waals surface area contributed by atoms with E-state index >= 15 is 0 Å². The second kappa shape index (κ2) is 7.09. The lowest BCUT2D eigenvalue weighted by molar-refractivity contribution is 0.0962. The van der Waals surface area contributed by atoms with Crippen molar-refractivity contribution in [3.05, 3.63) is 77.6 Å². The summed E-state index contributed by atoms with van der Waals surface area (Å²) < 4.78 is 0. The van der Waals surface area contributed by atoms with Gasteiger partial charge in [-0.3, -0.25) is 9.88 Å². The molecule has 2 atom stereocenters. The molecule has 2 saturated heterocycles. The minimum absolute atomic E-state index is 0.770. The van der Waals surface area contributed by atoms with Gasteiger partial charge >= 0.3 is 0 Å². The lowest BCUT2D eigenvalue weighted by Gasteiger charge is -2.39. The van der Waals surface area contributed by atoms with E-state index in [1.807, 2.05) is 12.4 Å². The maximum absolute atomic E-state index is 4.28. The van der Waals surface area contributed by atoms with Gasteiger partial charge in [0.25, 0.3) is 0 Å². The maximum Gasteiger partial charge on any atom is 0.0346 e. The quantitative estimate of drug-likeness (QED) is 0.611. The number of aromatic nitrogens is 1. The topological polar surface area (TPSA) is 16.1 Å². The van der Waals surface area contributed by atoms with Gasteiger partial charge in [0, 0.05) is 36.4 Å². The summed E-state index contributed by atoms with van der Waals surface area (Å²) in [6.07, 6.45) is 10.6. The fraction of sp³-hybridized carbons (Fsp3) is 0.400. The lowest BCUT2D eigenvalue weighted by atomic mass is 9.84. The molecule has 0 radical (unpaired) electrons. The SMILES string of the molecule is Cc1ccc(CN2C3CCC2CC(Cc2cccc4cnccc24)C3)cc1. The lowest BCUT2D eigenvalue weighted by Crippen LogP contribution is -2.42. The molecule has 2 unspecified atom stereocenters. The van der Waals surface area contributed by atoms with Crippen LogP contribution in [0.3, 0.4) is 0 Å². The van der Waals surface area contributed by atoms with E-state index in [2.05, 4.69) is 65.3 Å². The Hall–Kier alpha value is -2.19. The number of fused-ring (bicyclic) bond motifs is 3. The van der Waals surface area contributed by atoms with Gasteiger partial charge in [-0.2, -0.15) is 0 Å². The molecule has 5 rings (SSSR count). The van der Waals surface area contributed by atoms with E-state index < -0.39 is 0 Å². The molecule has 2 heteroatoms. The standard InChI is InChI=1S/C25H28N2/c1-18-5-7-19(8-6-18)17-27-23-9-10-24(27)15-20(14-23)13-21-3-2-4-22-16-26-12-11-25(21)22/h2-8,11-12,16,20,23-24H,9-10,13-15,17H2,1H3. The maximum atomic E-state index is 4.28. The average Bonchev–Trinajstić information content (AvgIpc) is 2.92. The third kappa shape index (κ3) is 3.39. The Kier molecular flexibility index (Phi) is 4.45. The van der Waals surface area contributed by atoms with Gasteiger partial charge in [-0.05, 0) is 67.5 Å². The Morgan fingerprint density at radius 3 is 2.52 bits per heavy atom. The van der Waals surface area contributed by atoms with E-state index in [1.165, 1.54) is 59.6 Å². The highest BCUT2D eigenvalue weighted by molar-refractivity contribution is 5.84. The van der Waals surface area contributed by atoms with Crippen LogP contribution in [0, 0.1) is 12.8 Å². The van der Waals surface area contributed by atoms with Crippen molar-refractivity contribution in [3.8, 4) is 0 Å². The molecule has 0 spiro atoms. The highest BCUT2D eigenvalue weighted by Crippen LogP contribution is 2.41. The number of pyridine rings is 1. The van der Waals surface area contributed by atoms with Gasteiger partial charge in [0.1, 0.15) is 0 Å². The Morgan fingerprint density at radius 2 is 1.74 bits per heavy atom. The van der Waals surface area contributed by atoms with E-state index in [1.54, 1.807) is 0 Å². The third-order valence-electron chi connectivity index (χ3n) is 6.75. The summed E-state index contributed by atoms with van der Waals surface area (Å²) in [5, 5.41) is 2.66. The molecule has 0 aliphatic carbocycles. The van der Waals surface area contributed by atoms with Crippen molar-refractivity contribution in [1.29, 1.82) is 0 Å². The predicted octanol–water partition coefficient (Wildman–Crippen LogP) is 5.53. The predicted molar refractivity (Wildman–Crippen MR) is 112 cm³/mol. The van der Waals surface area contributed by atoms with E-state index in [4.69, 9.17) is 0 Å². The first-order valence-electron chi connectivity index (χ1n) is 10.4. The monoisotopic (exact) mass is 356 g/mol. The molecule has 2 aliphatic rings. The highest BCUT2D eigenvalue weighted by Gasteiger charge is 2.40. The van der Waals surface area contributed by atoms with Gasteiger partial charge in [0.05, 0.1) is 0 Å². The zero-order chi connectivity index (χ0) is 18.2. The molecule has 2 fully saturated rings. The minimum Gasteiger partial charge on any atom is -0.293 e. The summed E-state index contributed by atoms with van der Waals surface area (Å²) in [6.45, 7) is 3.30. The van der Waals surface area contributed by atoms with Crippen molar-refractivity contribution in [1.82, 2.24) is 9.88 Å². The molecule has 27 heavy (non-hydrogen) atoms. The number of nitrogens with zero attached hydrogens (tertiary/aromatic N) is 2. The first-order chi connectivity index (χ1) is 13.3. The summed E-state index contributed by atoms with van der Waals surface area (Å²) in [7, 11) is 0. The summed E-state index contributed by atoms with van der Waals surface area (Å²) in [5.74, 6) is 0.815. The smallest absolute Gasteiger partial charge is 0.0346 e. The van der Waals surface area contributed by atoms with Gasteiger partial charge in [0.2, 0.25) is 0 Å². The minimum atomic E-state index is 0.770. The van der Waals surface area contributed by atoms with Crippen LogP contribution in [-0.4, -0.2) is 22.0 Å². The van der Waals surface area contributed by atoms with E-state index in [0.717, 1.165) is 24.5 Å². The molecule has 138 valence electrons. The van der Waals surface area contributed by atoms with Crippen LogP contribution in [0.1, 0.15) is 42.4 Å². The van der Waals surface area contributed by atoms with Crippen molar-refractivity contribution >= 4 is 10.8 Å². The number of hydrogen-bond donors (Lipinski definition) is 0. The number of benzene rings is 2. The van der Waals surface area contributed by atoms with Gasteiger partial charge in [-0.1, -0.05) is 48.0 Å². The molecule has 0 amide bonds. The molecule has 3 heterocycles. The largest absolute Gasteiger partial charge is 0.293 e. The van der Waals surface area contributed by atoms with Crippen LogP contribution in [0.25, 0.3) is 10.8 Å². The first kappa shape index (κ1) is 16.9. The van der Waals surface area contributed by atoms with Crippen LogP contribution in [0.2, 0.25) is 0 Å². The fourth-order valence-corrected chi connectivity index (χ4v) is 5.39. The molecule has 0 N–H and O–H groups in total. The molecule has 1 aromatic heterocycles. The number of hydrogen-bond acceptors (Lipinski definition) is 2. The van der Waals surface area contributed by atoms with Crippen LogP contribution < -0.4 is 0 Å².